The molecule has 3 heterocycles. The maximum Gasteiger partial charge on any atom is 0.264 e. The van der Waals surface area contributed by atoms with Gasteiger partial charge in [-0.15, -0.1) is 11.3 Å². The Morgan fingerprint density at radius 3 is 2.52 bits per heavy atom. The standard InChI is InChI=1S/C19H22N4OS/c1-21(2)19-20-15-13-16(17(24)22-11-7-4-8-12-22)25-18(15)23(19)14-9-5-3-6-10-14/h3,5-6,9-10,13H,4,7-8,11-12H2,1-2H3. The van der Waals surface area contributed by atoms with Crippen LogP contribution >= 0.6 is 11.3 Å². The Kier molecular flexibility index (Phi) is 4.21. The first-order valence-electron chi connectivity index (χ1n) is 8.69. The molecule has 25 heavy (non-hydrogen) atoms. The zero-order chi connectivity index (χ0) is 17.4. The second-order valence-corrected chi connectivity index (χ2v) is 7.66. The number of rotatable bonds is 3. The van der Waals surface area contributed by atoms with E-state index in [4.69, 9.17) is 4.98 Å². The molecule has 0 aliphatic carbocycles. The maximum absolute atomic E-state index is 12.8. The van der Waals surface area contributed by atoms with Crippen molar-refractivity contribution in [2.24, 2.45) is 0 Å². The number of benzene rings is 1. The highest BCUT2D eigenvalue weighted by Gasteiger charge is 2.23. The number of fused-ring (bicyclic) bond motifs is 1. The molecule has 4 rings (SSSR count). The summed E-state index contributed by atoms with van der Waals surface area (Å²) in [4.78, 5) is 23.4. The van der Waals surface area contributed by atoms with E-state index >= 15 is 0 Å². The van der Waals surface area contributed by atoms with Crippen LogP contribution in [0.15, 0.2) is 36.4 Å². The Labute approximate surface area is 151 Å². The quantitative estimate of drug-likeness (QED) is 0.719. The number of piperidine rings is 1. The molecular formula is C19H22N4OS. The second kappa shape index (κ2) is 6.52. The monoisotopic (exact) mass is 354 g/mol. The molecule has 0 bridgehead atoms. The van der Waals surface area contributed by atoms with Crippen molar-refractivity contribution in [3.8, 4) is 5.69 Å². The normalized spacial score (nSPS) is 14.9. The van der Waals surface area contributed by atoms with Crippen molar-refractivity contribution < 1.29 is 4.79 Å². The highest BCUT2D eigenvalue weighted by atomic mass is 32.1. The molecule has 1 aromatic carbocycles. The summed E-state index contributed by atoms with van der Waals surface area (Å²) < 4.78 is 2.13. The Balaban J connectivity index is 1.78. The highest BCUT2D eigenvalue weighted by molar-refractivity contribution is 7.20. The molecule has 2 aromatic heterocycles. The molecule has 1 saturated heterocycles. The smallest absolute Gasteiger partial charge is 0.264 e. The van der Waals surface area contributed by atoms with Gasteiger partial charge >= 0.3 is 0 Å². The van der Waals surface area contributed by atoms with E-state index < -0.39 is 0 Å². The van der Waals surface area contributed by atoms with Gasteiger partial charge in [0.15, 0.2) is 0 Å². The first-order valence-corrected chi connectivity index (χ1v) is 9.51. The van der Waals surface area contributed by atoms with Crippen LogP contribution in [0.4, 0.5) is 5.95 Å². The largest absolute Gasteiger partial charge is 0.348 e. The third-order valence-corrected chi connectivity index (χ3v) is 5.68. The van der Waals surface area contributed by atoms with E-state index in [1.165, 1.54) is 6.42 Å². The van der Waals surface area contributed by atoms with Crippen molar-refractivity contribution in [2.75, 3.05) is 32.1 Å². The molecule has 1 aliphatic heterocycles. The predicted octanol–water partition coefficient (Wildman–Crippen LogP) is 3.78. The molecule has 1 aliphatic rings. The summed E-state index contributed by atoms with van der Waals surface area (Å²) in [6, 6.07) is 12.1. The van der Waals surface area contributed by atoms with Gasteiger partial charge in [-0.2, -0.15) is 0 Å². The minimum absolute atomic E-state index is 0.147. The summed E-state index contributed by atoms with van der Waals surface area (Å²) in [5, 5.41) is 0. The zero-order valence-electron chi connectivity index (χ0n) is 14.6. The number of thiophene rings is 1. The lowest BCUT2D eigenvalue weighted by Crippen LogP contribution is -2.35. The van der Waals surface area contributed by atoms with Gasteiger partial charge in [0.1, 0.15) is 10.3 Å². The molecule has 0 spiro atoms. The number of amides is 1. The van der Waals surface area contributed by atoms with Crippen LogP contribution in [0.1, 0.15) is 28.9 Å². The third-order valence-electron chi connectivity index (χ3n) is 4.59. The van der Waals surface area contributed by atoms with Crippen molar-refractivity contribution in [2.45, 2.75) is 19.3 Å². The fraction of sp³-hybridized carbons (Fsp3) is 0.368. The molecule has 0 N–H and O–H groups in total. The number of para-hydroxylation sites is 1. The molecule has 0 radical (unpaired) electrons. The topological polar surface area (TPSA) is 41.4 Å². The average Bonchev–Trinajstić information content (AvgIpc) is 3.20. The van der Waals surface area contributed by atoms with E-state index in [1.54, 1.807) is 11.3 Å². The molecule has 3 aromatic rings. The SMILES string of the molecule is CN(C)c1nc2cc(C(=O)N3CCCCC3)sc2n1-c1ccccc1. The summed E-state index contributed by atoms with van der Waals surface area (Å²) >= 11 is 1.54. The Morgan fingerprint density at radius 1 is 1.12 bits per heavy atom. The Morgan fingerprint density at radius 2 is 1.84 bits per heavy atom. The molecule has 1 fully saturated rings. The van der Waals surface area contributed by atoms with Crippen LogP contribution in [0.3, 0.4) is 0 Å². The summed E-state index contributed by atoms with van der Waals surface area (Å²) in [6.45, 7) is 1.74. The molecule has 1 amide bonds. The summed E-state index contributed by atoms with van der Waals surface area (Å²) in [5.74, 6) is 1.03. The van der Waals surface area contributed by atoms with E-state index in [9.17, 15) is 4.79 Å². The number of hydrogen-bond acceptors (Lipinski definition) is 4. The fourth-order valence-electron chi connectivity index (χ4n) is 3.33. The van der Waals surface area contributed by atoms with Crippen molar-refractivity contribution in [3.63, 3.8) is 0 Å². The molecule has 130 valence electrons. The lowest BCUT2D eigenvalue weighted by Gasteiger charge is -2.26. The van der Waals surface area contributed by atoms with Gasteiger partial charge in [-0.05, 0) is 37.5 Å². The average molecular weight is 354 g/mol. The van der Waals surface area contributed by atoms with Gasteiger partial charge in [0.25, 0.3) is 5.91 Å². The van der Waals surface area contributed by atoms with Crippen LogP contribution in [-0.4, -0.2) is 47.5 Å². The molecule has 0 atom stereocenters. The number of carbonyl (C=O) groups is 1. The van der Waals surface area contributed by atoms with E-state index in [0.717, 1.165) is 52.8 Å². The highest BCUT2D eigenvalue weighted by Crippen LogP contribution is 2.33. The minimum Gasteiger partial charge on any atom is -0.348 e. The Hall–Kier alpha value is -2.34. The van der Waals surface area contributed by atoms with Crippen molar-refractivity contribution in [1.82, 2.24) is 14.5 Å². The number of likely N-dealkylation sites (tertiary alicyclic amines) is 1. The predicted molar refractivity (Wildman–Crippen MR) is 103 cm³/mol. The van der Waals surface area contributed by atoms with Crippen molar-refractivity contribution >= 4 is 33.5 Å². The molecule has 6 heteroatoms. The van der Waals surface area contributed by atoms with Crippen molar-refractivity contribution in [1.29, 1.82) is 0 Å². The van der Waals surface area contributed by atoms with Crippen LogP contribution < -0.4 is 4.90 Å². The molecule has 0 unspecified atom stereocenters. The first kappa shape index (κ1) is 16.1. The molecular weight excluding hydrogens is 332 g/mol. The second-order valence-electron chi connectivity index (χ2n) is 6.63. The van der Waals surface area contributed by atoms with Crippen LogP contribution in [0.2, 0.25) is 0 Å². The maximum atomic E-state index is 12.8. The molecule has 0 saturated carbocycles. The summed E-state index contributed by atoms with van der Waals surface area (Å²) in [6.07, 6.45) is 3.44. The first-order chi connectivity index (χ1) is 12.1. The van der Waals surface area contributed by atoms with Gasteiger partial charge < -0.3 is 9.80 Å². The van der Waals surface area contributed by atoms with Gasteiger partial charge in [0, 0.05) is 32.9 Å². The number of anilines is 1. The van der Waals surface area contributed by atoms with Crippen LogP contribution in [0, 0.1) is 0 Å². The van der Waals surface area contributed by atoms with Gasteiger partial charge in [-0.1, -0.05) is 18.2 Å². The lowest BCUT2D eigenvalue weighted by atomic mass is 10.1. The minimum atomic E-state index is 0.147. The summed E-state index contributed by atoms with van der Waals surface area (Å²) in [7, 11) is 3.98. The molecule has 5 nitrogen and oxygen atoms in total. The van der Waals surface area contributed by atoms with Gasteiger partial charge in [-0.25, -0.2) is 4.98 Å². The fourth-order valence-corrected chi connectivity index (χ4v) is 4.41. The van der Waals surface area contributed by atoms with Gasteiger partial charge in [0.2, 0.25) is 5.95 Å². The van der Waals surface area contributed by atoms with E-state index in [2.05, 4.69) is 16.7 Å². The number of aromatic nitrogens is 2. The number of nitrogens with zero attached hydrogens (tertiary/aromatic N) is 4. The van der Waals surface area contributed by atoms with Crippen molar-refractivity contribution in [3.05, 3.63) is 41.3 Å². The van der Waals surface area contributed by atoms with Gasteiger partial charge in [-0.3, -0.25) is 9.36 Å². The van der Waals surface area contributed by atoms with Crippen LogP contribution in [0.5, 0.6) is 0 Å². The van der Waals surface area contributed by atoms with E-state index in [1.807, 2.05) is 48.2 Å². The van der Waals surface area contributed by atoms with Crippen LogP contribution in [0.25, 0.3) is 16.0 Å². The van der Waals surface area contributed by atoms with E-state index in [0.29, 0.717) is 0 Å². The van der Waals surface area contributed by atoms with Gasteiger partial charge in [0.05, 0.1) is 4.88 Å². The van der Waals surface area contributed by atoms with Crippen LogP contribution in [-0.2, 0) is 0 Å². The Bertz CT molecular complexity index is 891. The van der Waals surface area contributed by atoms with E-state index in [-0.39, 0.29) is 5.91 Å². The zero-order valence-corrected chi connectivity index (χ0v) is 15.4. The number of imidazole rings is 1. The third kappa shape index (κ3) is 2.91. The summed E-state index contributed by atoms with van der Waals surface area (Å²) in [5.41, 5.74) is 1.95. The number of carbonyl (C=O) groups excluding carboxylic acids is 1. The lowest BCUT2D eigenvalue weighted by molar-refractivity contribution is 0.0729. The number of hydrogen-bond donors (Lipinski definition) is 0.